The molecular weight excluding hydrogens is 548 g/mol. The summed E-state index contributed by atoms with van der Waals surface area (Å²) < 4.78 is 32.4. The molecule has 3 aromatic carbocycles. The van der Waals surface area contributed by atoms with Gasteiger partial charge in [0.05, 0.1) is 4.90 Å². The van der Waals surface area contributed by atoms with Crippen LogP contribution in [0.25, 0.3) is 0 Å². The van der Waals surface area contributed by atoms with Crippen molar-refractivity contribution < 1.29 is 8.42 Å². The van der Waals surface area contributed by atoms with Gasteiger partial charge in [-0.05, 0) is 86.2 Å². The lowest BCUT2D eigenvalue weighted by atomic mass is 10.00. The number of hydrogen-bond acceptors (Lipinski definition) is 2. The largest absolute Gasteiger partial charge is 0.250 e. The summed E-state index contributed by atoms with van der Waals surface area (Å²) in [4.78, 5) is 0.464. The Balaban J connectivity index is 1.68. The van der Waals surface area contributed by atoms with Crippen LogP contribution in [-0.4, -0.2) is 23.6 Å². The van der Waals surface area contributed by atoms with Crippen molar-refractivity contribution in [1.29, 1.82) is 0 Å². The number of sulfonamides is 1. The Kier molecular flexibility index (Phi) is 10.9. The van der Waals surface area contributed by atoms with Crippen LogP contribution in [0.1, 0.15) is 89.5 Å². The van der Waals surface area contributed by atoms with Crippen LogP contribution in [-0.2, 0) is 16.4 Å². The standard InChI is InChI=1S/C34H45NO2P2S/c1-2-3-16-29-25-27-34(28-26-29)40(36,37)35(38(30-17-8-4-9-18-30)31-19-10-5-11-20-31)39(32-21-12-6-13-22-32)33-23-14-7-15-24-33/h4-5,8-11,17-20,25-28,32-33H,2-3,6-7,12-16,21-24H2,1H3. The minimum atomic E-state index is -3.74. The van der Waals surface area contributed by atoms with Gasteiger partial charge in [0.25, 0.3) is 0 Å². The summed E-state index contributed by atoms with van der Waals surface area (Å²) in [5.41, 5.74) is 2.17. The number of benzene rings is 3. The van der Waals surface area contributed by atoms with Crippen molar-refractivity contribution in [3.8, 4) is 0 Å². The third-order valence-corrected chi connectivity index (χ3v) is 18.2. The number of nitrogens with zero attached hydrogens (tertiary/aromatic N) is 1. The molecule has 2 aliphatic rings. The molecule has 0 atom stereocenters. The zero-order valence-corrected chi connectivity index (χ0v) is 26.6. The molecule has 6 heteroatoms. The Bertz CT molecular complexity index is 1220. The SMILES string of the molecule is CCCCc1ccc(S(=O)(=O)N(P(c2ccccc2)c2ccccc2)P(C2CCCCC2)C2CCCCC2)cc1. The highest BCUT2D eigenvalue weighted by molar-refractivity contribution is 8.04. The van der Waals surface area contributed by atoms with E-state index < -0.39 is 26.2 Å². The summed E-state index contributed by atoms with van der Waals surface area (Å²) in [6.45, 7) is 2.20. The molecule has 0 aromatic heterocycles. The Morgan fingerprint density at radius 1 is 0.675 bits per heavy atom. The maximum atomic E-state index is 15.1. The maximum absolute atomic E-state index is 15.1. The lowest BCUT2D eigenvalue weighted by Crippen LogP contribution is -2.37. The average Bonchev–Trinajstić information content (AvgIpc) is 3.02. The molecular formula is C34H45NO2P2S. The minimum Gasteiger partial charge on any atom is -0.206 e. The first-order chi connectivity index (χ1) is 19.6. The van der Waals surface area contributed by atoms with E-state index in [2.05, 4.69) is 71.4 Å². The molecule has 0 aliphatic heterocycles. The summed E-state index contributed by atoms with van der Waals surface area (Å²) in [5.74, 6) is 0. The first-order valence-electron chi connectivity index (χ1n) is 15.4. The van der Waals surface area contributed by atoms with E-state index in [-0.39, 0.29) is 0 Å². The van der Waals surface area contributed by atoms with Crippen molar-refractivity contribution in [2.45, 2.75) is 107 Å². The van der Waals surface area contributed by atoms with E-state index in [1.807, 2.05) is 24.3 Å². The van der Waals surface area contributed by atoms with Crippen LogP contribution < -0.4 is 10.6 Å². The van der Waals surface area contributed by atoms with E-state index in [4.69, 9.17) is 0 Å². The van der Waals surface area contributed by atoms with E-state index in [9.17, 15) is 0 Å². The highest BCUT2D eigenvalue weighted by Crippen LogP contribution is 2.67. The molecule has 3 nitrogen and oxygen atoms in total. The summed E-state index contributed by atoms with van der Waals surface area (Å²) >= 11 is 0. The summed E-state index contributed by atoms with van der Waals surface area (Å²) in [6.07, 6.45) is 15.4. The predicted octanol–water partition coefficient (Wildman–Crippen LogP) is 9.13. The summed E-state index contributed by atoms with van der Waals surface area (Å²) in [7, 11) is -5.90. The molecule has 2 fully saturated rings. The zero-order valence-electron chi connectivity index (χ0n) is 24.0. The Morgan fingerprint density at radius 2 is 1.15 bits per heavy atom. The topological polar surface area (TPSA) is 37.4 Å². The van der Waals surface area contributed by atoms with Gasteiger partial charge in [0.15, 0.2) is 0 Å². The van der Waals surface area contributed by atoms with Crippen LogP contribution in [0.5, 0.6) is 0 Å². The van der Waals surface area contributed by atoms with E-state index in [1.165, 1.54) is 44.1 Å². The number of unbranched alkanes of at least 4 members (excludes halogenated alkanes) is 1. The molecule has 0 unspecified atom stereocenters. The molecule has 0 spiro atoms. The van der Waals surface area contributed by atoms with Crippen LogP contribution in [0.3, 0.4) is 0 Å². The van der Waals surface area contributed by atoms with Gasteiger partial charge in [-0.25, -0.2) is 8.42 Å². The third-order valence-electron chi connectivity index (χ3n) is 8.52. The second kappa shape index (κ2) is 14.6. The first kappa shape index (κ1) is 29.9. The van der Waals surface area contributed by atoms with Crippen molar-refractivity contribution in [2.75, 3.05) is 0 Å². The number of hydrogen-bond donors (Lipinski definition) is 0. The smallest absolute Gasteiger partial charge is 0.206 e. The van der Waals surface area contributed by atoms with Crippen molar-refractivity contribution in [3.05, 3.63) is 90.5 Å². The molecule has 3 aromatic rings. The van der Waals surface area contributed by atoms with Gasteiger partial charge >= 0.3 is 0 Å². The molecule has 0 amide bonds. The van der Waals surface area contributed by atoms with E-state index >= 15 is 8.42 Å². The van der Waals surface area contributed by atoms with Gasteiger partial charge in [-0.15, -0.1) is 3.85 Å². The second-order valence-corrected chi connectivity index (χ2v) is 18.7. The quantitative estimate of drug-likeness (QED) is 0.208. The molecule has 5 rings (SSSR count). The van der Waals surface area contributed by atoms with Crippen molar-refractivity contribution in [2.24, 2.45) is 0 Å². The van der Waals surface area contributed by atoms with Crippen LogP contribution in [0.2, 0.25) is 0 Å². The van der Waals surface area contributed by atoms with E-state index in [0.717, 1.165) is 55.6 Å². The lowest BCUT2D eigenvalue weighted by molar-refractivity contribution is 0.477. The third kappa shape index (κ3) is 7.07. The fraction of sp³-hybridized carbons (Fsp3) is 0.471. The van der Waals surface area contributed by atoms with Crippen molar-refractivity contribution in [1.82, 2.24) is 3.85 Å². The van der Waals surface area contributed by atoms with Crippen molar-refractivity contribution in [3.63, 3.8) is 0 Å². The highest BCUT2D eigenvalue weighted by atomic mass is 32.2. The van der Waals surface area contributed by atoms with Gasteiger partial charge < -0.3 is 0 Å². The van der Waals surface area contributed by atoms with E-state index in [0.29, 0.717) is 16.2 Å². The Labute approximate surface area is 245 Å². The van der Waals surface area contributed by atoms with Gasteiger partial charge in [0, 0.05) is 8.07 Å². The highest BCUT2D eigenvalue weighted by Gasteiger charge is 2.46. The first-order valence-corrected chi connectivity index (χ1v) is 19.6. The monoisotopic (exact) mass is 593 g/mol. The predicted molar refractivity (Wildman–Crippen MR) is 174 cm³/mol. The van der Waals surface area contributed by atoms with Crippen molar-refractivity contribution >= 4 is 36.8 Å². The van der Waals surface area contributed by atoms with E-state index in [1.54, 1.807) is 0 Å². The molecule has 40 heavy (non-hydrogen) atoms. The minimum absolute atomic E-state index is 0.464. The van der Waals surface area contributed by atoms with Gasteiger partial charge in [0.1, 0.15) is 0 Å². The fourth-order valence-electron chi connectivity index (χ4n) is 6.39. The maximum Gasteiger partial charge on any atom is 0.250 e. The Morgan fingerprint density at radius 3 is 1.60 bits per heavy atom. The average molecular weight is 594 g/mol. The molecule has 0 heterocycles. The molecule has 0 radical (unpaired) electrons. The van der Waals surface area contributed by atoms with Gasteiger partial charge in [0.2, 0.25) is 10.0 Å². The molecule has 0 bridgehead atoms. The van der Waals surface area contributed by atoms with Crippen LogP contribution in [0, 0.1) is 0 Å². The van der Waals surface area contributed by atoms with Gasteiger partial charge in [-0.2, -0.15) is 0 Å². The van der Waals surface area contributed by atoms with Crippen LogP contribution in [0.4, 0.5) is 0 Å². The van der Waals surface area contributed by atoms with Gasteiger partial charge in [-0.3, -0.25) is 0 Å². The normalized spacial score (nSPS) is 17.6. The zero-order chi connectivity index (χ0) is 27.8. The van der Waals surface area contributed by atoms with Crippen LogP contribution >= 0.6 is 16.1 Å². The second-order valence-electron chi connectivity index (χ2n) is 11.4. The molecule has 0 N–H and O–H groups in total. The van der Waals surface area contributed by atoms with Crippen LogP contribution in [0.15, 0.2) is 89.8 Å². The summed E-state index contributed by atoms with van der Waals surface area (Å²) in [6, 6.07) is 28.9. The summed E-state index contributed by atoms with van der Waals surface area (Å²) in [5, 5.41) is 2.26. The van der Waals surface area contributed by atoms with Gasteiger partial charge in [-0.1, -0.05) is 125 Å². The number of aryl methyl sites for hydroxylation is 1. The molecule has 214 valence electrons. The number of rotatable bonds is 11. The molecule has 0 saturated heterocycles. The molecule has 2 saturated carbocycles. The Hall–Kier alpha value is -1.57. The molecule has 2 aliphatic carbocycles. The fourth-order valence-corrected chi connectivity index (χ4v) is 17.7. The lowest BCUT2D eigenvalue weighted by Gasteiger charge is -2.46.